The maximum absolute atomic E-state index is 12.6. The summed E-state index contributed by atoms with van der Waals surface area (Å²) >= 11 is 1.60. The van der Waals surface area contributed by atoms with Gasteiger partial charge >= 0.3 is 11.7 Å². The van der Waals surface area contributed by atoms with E-state index >= 15 is 0 Å². The van der Waals surface area contributed by atoms with Crippen LogP contribution < -0.4 is 11.2 Å². The van der Waals surface area contributed by atoms with Crippen LogP contribution in [0.3, 0.4) is 0 Å². The van der Waals surface area contributed by atoms with Crippen molar-refractivity contribution in [2.75, 3.05) is 12.4 Å². The van der Waals surface area contributed by atoms with Crippen molar-refractivity contribution in [1.82, 2.24) is 18.7 Å². The number of carbonyl (C=O) groups excluding carboxylic acids is 1. The standard InChI is InChI=1S/C20H24N4O4S/c1-14-5-7-15(8-6-14)29-12-9-16(25)28-11-4-10-24-19(26)17-18(21-13-22(17)2)23(3)20(24)27/h5-8,13H,4,9-12H2,1-3H3. The predicted molar refractivity (Wildman–Crippen MR) is 112 cm³/mol. The van der Waals surface area contributed by atoms with E-state index in [0.29, 0.717) is 29.8 Å². The molecule has 0 amide bonds. The van der Waals surface area contributed by atoms with Crippen molar-refractivity contribution in [3.05, 3.63) is 57.0 Å². The topological polar surface area (TPSA) is 88.1 Å². The summed E-state index contributed by atoms with van der Waals surface area (Å²) in [4.78, 5) is 42.1. The lowest BCUT2D eigenvalue weighted by Crippen LogP contribution is -2.39. The van der Waals surface area contributed by atoms with Crippen LogP contribution in [0.1, 0.15) is 18.4 Å². The van der Waals surface area contributed by atoms with Crippen LogP contribution in [0.2, 0.25) is 0 Å². The molecule has 0 radical (unpaired) electrons. The summed E-state index contributed by atoms with van der Waals surface area (Å²) in [5.74, 6) is 0.353. The van der Waals surface area contributed by atoms with E-state index in [-0.39, 0.29) is 24.7 Å². The second-order valence-corrected chi connectivity index (χ2v) is 7.98. The Hall–Kier alpha value is -2.81. The summed E-state index contributed by atoms with van der Waals surface area (Å²) in [5.41, 5.74) is 1.12. The molecule has 0 N–H and O–H groups in total. The summed E-state index contributed by atoms with van der Waals surface area (Å²) < 4.78 is 9.34. The molecular formula is C20H24N4O4S. The van der Waals surface area contributed by atoms with Gasteiger partial charge in [0.15, 0.2) is 11.2 Å². The minimum atomic E-state index is -0.429. The van der Waals surface area contributed by atoms with Gasteiger partial charge in [-0.05, 0) is 25.5 Å². The Morgan fingerprint density at radius 1 is 1.17 bits per heavy atom. The molecule has 9 heteroatoms. The molecule has 8 nitrogen and oxygen atoms in total. The Morgan fingerprint density at radius 2 is 1.90 bits per heavy atom. The van der Waals surface area contributed by atoms with Crippen LogP contribution in [0.15, 0.2) is 45.1 Å². The van der Waals surface area contributed by atoms with Crippen LogP contribution in [-0.2, 0) is 30.2 Å². The molecule has 0 bridgehead atoms. The molecule has 154 valence electrons. The summed E-state index contributed by atoms with van der Waals surface area (Å²) in [7, 11) is 3.29. The van der Waals surface area contributed by atoms with Crippen LogP contribution in [-0.4, -0.2) is 37.0 Å². The van der Waals surface area contributed by atoms with Crippen molar-refractivity contribution in [3.63, 3.8) is 0 Å². The Labute approximate surface area is 172 Å². The molecule has 1 aromatic carbocycles. The number of aromatic nitrogens is 4. The number of nitrogens with zero attached hydrogens (tertiary/aromatic N) is 4. The first-order chi connectivity index (χ1) is 13.9. The van der Waals surface area contributed by atoms with E-state index in [2.05, 4.69) is 4.98 Å². The first-order valence-corrected chi connectivity index (χ1v) is 10.3. The molecule has 2 heterocycles. The number of rotatable bonds is 8. The zero-order valence-corrected chi connectivity index (χ0v) is 17.6. The largest absolute Gasteiger partial charge is 0.466 e. The van der Waals surface area contributed by atoms with Crippen LogP contribution in [0, 0.1) is 6.92 Å². The molecule has 0 atom stereocenters. The smallest absolute Gasteiger partial charge is 0.332 e. The van der Waals surface area contributed by atoms with Crippen molar-refractivity contribution < 1.29 is 9.53 Å². The van der Waals surface area contributed by atoms with Crippen LogP contribution in [0.25, 0.3) is 11.2 Å². The Kier molecular flexibility index (Phi) is 6.58. The van der Waals surface area contributed by atoms with Crippen LogP contribution in [0.4, 0.5) is 0 Å². The summed E-state index contributed by atoms with van der Waals surface area (Å²) in [6.07, 6.45) is 2.20. The summed E-state index contributed by atoms with van der Waals surface area (Å²) in [5, 5.41) is 0. The number of hydrogen-bond acceptors (Lipinski definition) is 6. The van der Waals surface area contributed by atoms with Crippen molar-refractivity contribution in [2.45, 2.75) is 31.2 Å². The minimum absolute atomic E-state index is 0.160. The molecule has 0 unspecified atom stereocenters. The van der Waals surface area contributed by atoms with E-state index in [9.17, 15) is 14.4 Å². The monoisotopic (exact) mass is 416 g/mol. The number of imidazole rings is 1. The SMILES string of the molecule is Cc1ccc(SCCC(=O)OCCCn2c(=O)c3c(ncn3C)n(C)c2=O)cc1. The number of hydrogen-bond donors (Lipinski definition) is 0. The van der Waals surface area contributed by atoms with Gasteiger partial charge in [0.05, 0.1) is 19.4 Å². The van der Waals surface area contributed by atoms with E-state index < -0.39 is 5.69 Å². The fourth-order valence-electron chi connectivity index (χ4n) is 2.96. The van der Waals surface area contributed by atoms with Gasteiger partial charge in [0.2, 0.25) is 0 Å². The zero-order chi connectivity index (χ0) is 21.0. The molecule has 0 aliphatic heterocycles. The van der Waals surface area contributed by atoms with Gasteiger partial charge in [0.1, 0.15) is 0 Å². The van der Waals surface area contributed by atoms with Gasteiger partial charge in [-0.1, -0.05) is 17.7 Å². The summed E-state index contributed by atoms with van der Waals surface area (Å²) in [6, 6.07) is 8.14. The van der Waals surface area contributed by atoms with Gasteiger partial charge in [-0.25, -0.2) is 9.78 Å². The second-order valence-electron chi connectivity index (χ2n) is 6.81. The fraction of sp³-hybridized carbons (Fsp3) is 0.400. The van der Waals surface area contributed by atoms with Gasteiger partial charge in [-0.15, -0.1) is 11.8 Å². The highest BCUT2D eigenvalue weighted by Crippen LogP contribution is 2.19. The van der Waals surface area contributed by atoms with E-state index in [1.54, 1.807) is 30.4 Å². The number of benzene rings is 1. The lowest BCUT2D eigenvalue weighted by Gasteiger charge is -2.09. The van der Waals surface area contributed by atoms with Gasteiger partial charge in [-0.2, -0.15) is 0 Å². The Balaban J connectivity index is 1.48. The molecule has 3 aromatic rings. The molecule has 0 fully saturated rings. The Bertz CT molecular complexity index is 1130. The third kappa shape index (κ3) is 4.79. The molecule has 29 heavy (non-hydrogen) atoms. The first-order valence-electron chi connectivity index (χ1n) is 9.34. The summed E-state index contributed by atoms with van der Waals surface area (Å²) in [6.45, 7) is 2.37. The quantitative estimate of drug-likeness (QED) is 0.316. The van der Waals surface area contributed by atoms with Crippen molar-refractivity contribution >= 4 is 28.9 Å². The molecular weight excluding hydrogens is 392 g/mol. The minimum Gasteiger partial charge on any atom is -0.466 e. The highest BCUT2D eigenvalue weighted by atomic mass is 32.2. The first kappa shape index (κ1) is 20.9. The van der Waals surface area contributed by atoms with Gasteiger partial charge < -0.3 is 9.30 Å². The lowest BCUT2D eigenvalue weighted by molar-refractivity contribution is -0.143. The fourth-order valence-corrected chi connectivity index (χ4v) is 3.79. The van der Waals surface area contributed by atoms with E-state index in [1.165, 1.54) is 16.5 Å². The number of esters is 1. The van der Waals surface area contributed by atoms with Crippen LogP contribution >= 0.6 is 11.8 Å². The number of ether oxygens (including phenoxy) is 1. The highest BCUT2D eigenvalue weighted by molar-refractivity contribution is 7.99. The molecule has 0 spiro atoms. The molecule has 0 aliphatic carbocycles. The normalized spacial score (nSPS) is 11.1. The van der Waals surface area contributed by atoms with Crippen molar-refractivity contribution in [3.8, 4) is 0 Å². The zero-order valence-electron chi connectivity index (χ0n) is 16.8. The van der Waals surface area contributed by atoms with E-state index in [4.69, 9.17) is 4.74 Å². The average Bonchev–Trinajstić information content (AvgIpc) is 3.09. The third-order valence-corrected chi connectivity index (χ3v) is 5.60. The van der Waals surface area contributed by atoms with Crippen molar-refractivity contribution in [1.29, 1.82) is 0 Å². The molecule has 3 rings (SSSR count). The number of aryl methyl sites for hydroxylation is 3. The molecule has 0 saturated carbocycles. The van der Waals surface area contributed by atoms with Crippen molar-refractivity contribution in [2.24, 2.45) is 14.1 Å². The van der Waals surface area contributed by atoms with E-state index in [0.717, 1.165) is 9.46 Å². The number of thioether (sulfide) groups is 1. The highest BCUT2D eigenvalue weighted by Gasteiger charge is 2.14. The molecule has 0 aliphatic rings. The maximum atomic E-state index is 12.6. The Morgan fingerprint density at radius 3 is 2.62 bits per heavy atom. The van der Waals surface area contributed by atoms with Gasteiger partial charge in [0, 0.05) is 31.3 Å². The van der Waals surface area contributed by atoms with Crippen LogP contribution in [0.5, 0.6) is 0 Å². The molecule has 2 aromatic heterocycles. The molecule has 0 saturated heterocycles. The average molecular weight is 417 g/mol. The van der Waals surface area contributed by atoms with E-state index in [1.807, 2.05) is 31.2 Å². The lowest BCUT2D eigenvalue weighted by atomic mass is 10.2. The third-order valence-electron chi connectivity index (χ3n) is 4.59. The maximum Gasteiger partial charge on any atom is 0.332 e. The predicted octanol–water partition coefficient (Wildman–Crippen LogP) is 1.86. The number of carbonyl (C=O) groups is 1. The van der Waals surface area contributed by atoms with Gasteiger partial charge in [0.25, 0.3) is 5.56 Å². The number of fused-ring (bicyclic) bond motifs is 1. The van der Waals surface area contributed by atoms with Gasteiger partial charge in [-0.3, -0.25) is 18.7 Å². The second kappa shape index (κ2) is 9.13.